The highest BCUT2D eigenvalue weighted by atomic mass is 16.6. The van der Waals surface area contributed by atoms with Gasteiger partial charge in [-0.15, -0.1) is 0 Å². The van der Waals surface area contributed by atoms with Gasteiger partial charge in [-0.05, 0) is 27.7 Å². The average molecular weight is 345 g/mol. The number of nitrogens with zero attached hydrogens (tertiary/aromatic N) is 1. The summed E-state index contributed by atoms with van der Waals surface area (Å²) in [7, 11) is 2.43. The Balaban J connectivity index is 3.33. The third-order valence-electron chi connectivity index (χ3n) is 3.91. The maximum Gasteiger partial charge on any atom is 0.411 e. The summed E-state index contributed by atoms with van der Waals surface area (Å²) >= 11 is 0. The first kappa shape index (κ1) is 16.8. The van der Waals surface area contributed by atoms with Gasteiger partial charge in [-0.2, -0.15) is 0 Å². The lowest BCUT2D eigenvalue weighted by Gasteiger charge is -2.28. The highest BCUT2D eigenvalue weighted by Crippen LogP contribution is 2.38. The second-order valence-electron chi connectivity index (χ2n) is 6.83. The van der Waals surface area contributed by atoms with Crippen LogP contribution in [0.15, 0.2) is 12.1 Å². The van der Waals surface area contributed by atoms with Crippen LogP contribution < -0.4 is 0 Å². The van der Waals surface area contributed by atoms with E-state index in [0.29, 0.717) is 5.57 Å². The van der Waals surface area contributed by atoms with Gasteiger partial charge in [0.15, 0.2) is 0 Å². The van der Waals surface area contributed by atoms with Gasteiger partial charge in [0, 0.05) is 18.4 Å². The molecule has 0 aromatic rings. The summed E-state index contributed by atoms with van der Waals surface area (Å²) in [6.07, 6.45) is -0.861. The van der Waals surface area contributed by atoms with E-state index >= 15 is 0 Å². The summed E-state index contributed by atoms with van der Waals surface area (Å²) in [6, 6.07) is -1.06. The van der Waals surface area contributed by atoms with E-state index in [-0.39, 0.29) is 13.0 Å². The monoisotopic (exact) mass is 345 g/mol. The van der Waals surface area contributed by atoms with Crippen LogP contribution in [0.5, 0.6) is 0 Å². The highest BCUT2D eigenvalue weighted by molar-refractivity contribution is 5.84. The molecule has 7 heteroatoms. The third-order valence-corrected chi connectivity index (χ3v) is 3.91. The molecule has 7 nitrogen and oxygen atoms in total. The van der Waals surface area contributed by atoms with Crippen molar-refractivity contribution >= 4 is 18.0 Å². The second kappa shape index (κ2) is 7.68. The van der Waals surface area contributed by atoms with Gasteiger partial charge in [0.05, 0.1) is 23.4 Å². The van der Waals surface area contributed by atoms with E-state index in [2.05, 4.69) is 0 Å². The molecule has 1 aliphatic heterocycles. The van der Waals surface area contributed by atoms with Crippen molar-refractivity contribution in [2.45, 2.75) is 45.8 Å². The molecule has 0 radical (unpaired) electrons. The summed E-state index contributed by atoms with van der Waals surface area (Å²) in [4.78, 5) is 38.0. The molecule has 0 aromatic heterocycles. The number of hydrogen-bond acceptors (Lipinski definition) is 6. The molecule has 1 saturated heterocycles. The summed E-state index contributed by atoms with van der Waals surface area (Å²) in [5.74, 6) is -2.44. The van der Waals surface area contributed by atoms with E-state index < -0.39 is 48.0 Å². The molecule has 0 aliphatic carbocycles. The van der Waals surface area contributed by atoms with Crippen LogP contribution in [-0.4, -0.2) is 55.3 Å². The predicted molar refractivity (Wildman–Crippen MR) is 87.2 cm³/mol. The molecule has 24 heavy (non-hydrogen) atoms. The summed E-state index contributed by atoms with van der Waals surface area (Å²) in [6.45, 7) is 6.32. The van der Waals surface area contributed by atoms with E-state index in [1.165, 1.54) is 19.1 Å². The highest BCUT2D eigenvalue weighted by Gasteiger charge is 2.50. The van der Waals surface area contributed by atoms with Crippen LogP contribution in [0.25, 0.3) is 0 Å². The van der Waals surface area contributed by atoms with Crippen molar-refractivity contribution in [2.24, 2.45) is 11.8 Å². The van der Waals surface area contributed by atoms with Gasteiger partial charge in [-0.25, -0.2) is 9.59 Å². The molecule has 0 spiro atoms. The van der Waals surface area contributed by atoms with Crippen molar-refractivity contribution in [1.29, 1.82) is 0 Å². The largest absolute Gasteiger partial charge is 0.469 e. The molecule has 1 aliphatic rings. The van der Waals surface area contributed by atoms with E-state index in [0.717, 1.165) is 0 Å². The van der Waals surface area contributed by atoms with Crippen LogP contribution in [0.3, 0.4) is 0 Å². The number of methoxy groups -OCH3 is 2. The Morgan fingerprint density at radius 2 is 1.88 bits per heavy atom. The van der Waals surface area contributed by atoms with Crippen molar-refractivity contribution < 1.29 is 31.3 Å². The normalized spacial score (nSPS) is 24.6. The Hall–Kier alpha value is -2.05. The molecule has 0 bridgehead atoms. The third kappa shape index (κ3) is 4.72. The van der Waals surface area contributed by atoms with Gasteiger partial charge in [0.1, 0.15) is 11.6 Å². The Kier molecular flexibility index (Phi) is 5.37. The average Bonchev–Trinajstić information content (AvgIpc) is 2.90. The molecular weight excluding hydrogens is 314 g/mol. The van der Waals surface area contributed by atoms with Crippen molar-refractivity contribution in [3.63, 3.8) is 0 Å². The smallest absolute Gasteiger partial charge is 0.411 e. The van der Waals surface area contributed by atoms with Crippen LogP contribution in [0.4, 0.5) is 4.79 Å². The maximum absolute atomic E-state index is 12.6. The molecule has 1 heterocycles. The van der Waals surface area contributed by atoms with Gasteiger partial charge in [-0.3, -0.25) is 9.69 Å². The molecule has 0 unspecified atom stereocenters. The van der Waals surface area contributed by atoms with E-state index in [1.807, 2.05) is 0 Å². The number of hydrogen-bond donors (Lipinski definition) is 0. The van der Waals surface area contributed by atoms with Crippen LogP contribution in [0.1, 0.15) is 36.9 Å². The number of amides is 1. The lowest BCUT2D eigenvalue weighted by Crippen LogP contribution is -2.46. The minimum absolute atomic E-state index is 0.0451. The number of esters is 2. The summed E-state index contributed by atoms with van der Waals surface area (Å²) < 4.78 is 30.1. The summed E-state index contributed by atoms with van der Waals surface area (Å²) in [5.41, 5.74) is -0.395. The van der Waals surface area contributed by atoms with Gasteiger partial charge < -0.3 is 14.2 Å². The van der Waals surface area contributed by atoms with Crippen molar-refractivity contribution in [3.8, 4) is 0 Å². The lowest BCUT2D eigenvalue weighted by atomic mass is 9.84. The first-order chi connectivity index (χ1) is 11.9. The van der Waals surface area contributed by atoms with Crippen LogP contribution in [0, 0.1) is 11.8 Å². The molecule has 1 fully saturated rings. The number of likely N-dealkylation sites (tertiary alicyclic amines) is 1. The Morgan fingerprint density at radius 1 is 1.25 bits per heavy atom. The fourth-order valence-corrected chi connectivity index (χ4v) is 2.83. The first-order valence-corrected chi connectivity index (χ1v) is 7.71. The molecular formula is C17H27NO6. The van der Waals surface area contributed by atoms with Crippen molar-refractivity contribution in [2.75, 3.05) is 20.8 Å². The topological polar surface area (TPSA) is 82.1 Å². The Bertz CT molecular complexity index is 595. The molecule has 1 amide bonds. The number of ether oxygens (including phenoxy) is 3. The van der Waals surface area contributed by atoms with Crippen molar-refractivity contribution in [1.82, 2.24) is 4.90 Å². The standard InChI is InChI=1S/C17H27NO6/c1-10(2)12-9-18(16(21)24-17(3,4)5)14(15(20)23-7)11(12)8-13(19)22-6/h11-12,14H,1,8-9H2,2-7H3/t11-,12+,14-/m0/s1/i1T2. The Labute approximate surface area is 145 Å². The van der Waals surface area contributed by atoms with Crippen LogP contribution in [0.2, 0.25) is 0 Å². The minimum atomic E-state index is -1.06. The number of rotatable bonds is 4. The zero-order valence-electron chi connectivity index (χ0n) is 17.0. The quantitative estimate of drug-likeness (QED) is 0.441. The fourth-order valence-electron chi connectivity index (χ4n) is 2.83. The van der Waals surface area contributed by atoms with Crippen LogP contribution in [-0.2, 0) is 23.8 Å². The van der Waals surface area contributed by atoms with E-state index in [4.69, 9.17) is 17.0 Å². The molecule has 0 N–H and O–H groups in total. The van der Waals surface area contributed by atoms with E-state index in [1.54, 1.807) is 27.7 Å². The fraction of sp³-hybridized carbons (Fsp3) is 0.706. The predicted octanol–water partition coefficient (Wildman–Crippen LogP) is 2.15. The van der Waals surface area contributed by atoms with Gasteiger partial charge in [0.2, 0.25) is 0 Å². The molecule has 0 aromatic carbocycles. The molecule has 0 saturated carbocycles. The minimum Gasteiger partial charge on any atom is -0.469 e. The maximum atomic E-state index is 12.6. The SMILES string of the molecule is [3H]C([3H])=C(C)[C@H]1CN(C(=O)OC(C)(C)C)[C@H](C(=O)OC)[C@H]1CC(=O)OC. The van der Waals surface area contributed by atoms with Crippen LogP contribution >= 0.6 is 0 Å². The molecule has 136 valence electrons. The number of carbonyl (C=O) groups is 3. The van der Waals surface area contributed by atoms with E-state index in [9.17, 15) is 14.4 Å². The van der Waals surface area contributed by atoms with Gasteiger partial charge in [0.25, 0.3) is 0 Å². The lowest BCUT2D eigenvalue weighted by molar-refractivity contribution is -0.148. The Morgan fingerprint density at radius 3 is 2.33 bits per heavy atom. The molecule has 1 rings (SSSR count). The van der Waals surface area contributed by atoms with Crippen molar-refractivity contribution in [3.05, 3.63) is 12.1 Å². The molecule has 3 atom stereocenters. The van der Waals surface area contributed by atoms with Gasteiger partial charge in [-0.1, -0.05) is 12.1 Å². The second-order valence-corrected chi connectivity index (χ2v) is 6.83. The first-order valence-electron chi connectivity index (χ1n) is 8.71. The zero-order valence-corrected chi connectivity index (χ0v) is 15.0. The summed E-state index contributed by atoms with van der Waals surface area (Å²) in [5, 5.41) is 0. The zero-order chi connectivity index (χ0) is 20.2. The van der Waals surface area contributed by atoms with Gasteiger partial charge >= 0.3 is 18.0 Å². The number of carbonyl (C=O) groups excluding carboxylic acids is 3.